The zero-order valence-electron chi connectivity index (χ0n) is 29.4. The molecule has 3 heteroatoms. The van der Waals surface area contributed by atoms with E-state index in [4.69, 9.17) is 15.0 Å². The van der Waals surface area contributed by atoms with Crippen molar-refractivity contribution in [3.05, 3.63) is 200 Å². The monoisotopic (exact) mass is 687 g/mol. The lowest BCUT2D eigenvalue weighted by Gasteiger charge is -2.16. The molecule has 0 bridgehead atoms. The first-order chi connectivity index (χ1) is 26.8. The molecule has 0 radical (unpaired) electrons. The van der Waals surface area contributed by atoms with E-state index in [2.05, 4.69) is 158 Å². The molecule has 252 valence electrons. The molecule has 0 aliphatic heterocycles. The molecule has 3 nitrogen and oxygen atoms in total. The van der Waals surface area contributed by atoms with Gasteiger partial charge in [0.15, 0.2) is 17.5 Å². The van der Waals surface area contributed by atoms with Crippen molar-refractivity contribution in [3.63, 3.8) is 0 Å². The molecule has 0 spiro atoms. The van der Waals surface area contributed by atoms with E-state index < -0.39 is 0 Å². The second-order valence-corrected chi connectivity index (χ2v) is 13.6. The zero-order chi connectivity index (χ0) is 35.8. The Kier molecular flexibility index (Phi) is 7.81. The molecular weight excluding hydrogens is 655 g/mol. The molecule has 0 atom stereocenters. The first-order valence-electron chi connectivity index (χ1n) is 18.3. The van der Waals surface area contributed by atoms with Gasteiger partial charge in [0.1, 0.15) is 0 Å². The van der Waals surface area contributed by atoms with Crippen molar-refractivity contribution in [2.75, 3.05) is 0 Å². The van der Waals surface area contributed by atoms with Crippen LogP contribution in [0, 0.1) is 0 Å². The maximum atomic E-state index is 5.13. The second kappa shape index (κ2) is 13.4. The van der Waals surface area contributed by atoms with Crippen LogP contribution in [0.1, 0.15) is 0 Å². The summed E-state index contributed by atoms with van der Waals surface area (Å²) in [5, 5.41) is 7.45. The summed E-state index contributed by atoms with van der Waals surface area (Å²) in [5.41, 5.74) is 9.76. The van der Waals surface area contributed by atoms with Crippen LogP contribution < -0.4 is 0 Å². The van der Waals surface area contributed by atoms with Gasteiger partial charge in [0.05, 0.1) is 0 Å². The van der Waals surface area contributed by atoms with Gasteiger partial charge in [-0.1, -0.05) is 194 Å². The number of fused-ring (bicyclic) bond motifs is 4. The first-order valence-corrected chi connectivity index (χ1v) is 18.3. The fourth-order valence-electron chi connectivity index (χ4n) is 7.68. The van der Waals surface area contributed by atoms with Gasteiger partial charge in [-0.05, 0) is 71.8 Å². The summed E-state index contributed by atoms with van der Waals surface area (Å²) in [7, 11) is 0. The number of hydrogen-bond acceptors (Lipinski definition) is 3. The summed E-state index contributed by atoms with van der Waals surface area (Å²) in [5.74, 6) is 1.92. The molecule has 0 unspecified atom stereocenters. The van der Waals surface area contributed by atoms with Crippen LogP contribution >= 0.6 is 0 Å². The van der Waals surface area contributed by atoms with Gasteiger partial charge in [-0.3, -0.25) is 0 Å². The Labute approximate surface area is 313 Å². The third kappa shape index (κ3) is 5.69. The Bertz CT molecular complexity index is 2970. The van der Waals surface area contributed by atoms with Crippen molar-refractivity contribution in [3.8, 4) is 67.5 Å². The van der Waals surface area contributed by atoms with E-state index in [1.165, 1.54) is 49.0 Å². The van der Waals surface area contributed by atoms with Gasteiger partial charge in [0, 0.05) is 16.7 Å². The molecule has 54 heavy (non-hydrogen) atoms. The molecule has 1 aromatic heterocycles. The summed E-state index contributed by atoms with van der Waals surface area (Å²) in [6, 6.07) is 70.7. The molecule has 0 N–H and O–H groups in total. The number of aromatic nitrogens is 3. The summed E-state index contributed by atoms with van der Waals surface area (Å²) in [6.45, 7) is 0. The second-order valence-electron chi connectivity index (χ2n) is 13.6. The lowest BCUT2D eigenvalue weighted by Crippen LogP contribution is -2.01. The van der Waals surface area contributed by atoms with Crippen LogP contribution in [-0.2, 0) is 0 Å². The fourth-order valence-corrected chi connectivity index (χ4v) is 7.68. The van der Waals surface area contributed by atoms with Crippen LogP contribution in [-0.4, -0.2) is 15.0 Å². The molecule has 0 saturated heterocycles. The van der Waals surface area contributed by atoms with Crippen LogP contribution in [0.5, 0.6) is 0 Å². The van der Waals surface area contributed by atoms with Crippen molar-refractivity contribution in [2.45, 2.75) is 0 Å². The predicted molar refractivity (Wildman–Crippen MR) is 225 cm³/mol. The number of hydrogen-bond donors (Lipinski definition) is 0. The quantitative estimate of drug-likeness (QED) is 0.163. The minimum atomic E-state index is 0.633. The van der Waals surface area contributed by atoms with Crippen molar-refractivity contribution >= 4 is 32.3 Å². The number of nitrogens with zero attached hydrogens (tertiary/aromatic N) is 3. The van der Waals surface area contributed by atoms with Gasteiger partial charge in [-0.25, -0.2) is 15.0 Å². The highest BCUT2D eigenvalue weighted by molar-refractivity contribution is 6.10. The van der Waals surface area contributed by atoms with Crippen LogP contribution in [0.25, 0.3) is 99.9 Å². The van der Waals surface area contributed by atoms with Crippen molar-refractivity contribution in [2.24, 2.45) is 0 Å². The summed E-state index contributed by atoms with van der Waals surface area (Å²) in [4.78, 5) is 15.2. The van der Waals surface area contributed by atoms with Gasteiger partial charge in [0.25, 0.3) is 0 Å². The molecule has 0 saturated carbocycles. The Balaban J connectivity index is 1.11. The molecular formula is C51H33N3. The smallest absolute Gasteiger partial charge is 0.164 e. The highest BCUT2D eigenvalue weighted by Gasteiger charge is 2.17. The Morgan fingerprint density at radius 1 is 0.241 bits per heavy atom. The van der Waals surface area contributed by atoms with Crippen LogP contribution in [0.4, 0.5) is 0 Å². The summed E-state index contributed by atoms with van der Waals surface area (Å²) in [6.07, 6.45) is 0. The molecule has 10 aromatic rings. The average Bonchev–Trinajstić information content (AvgIpc) is 3.26. The highest BCUT2D eigenvalue weighted by atomic mass is 15.0. The third-order valence-corrected chi connectivity index (χ3v) is 10.3. The Hall–Kier alpha value is -7.23. The molecule has 10 rings (SSSR count). The van der Waals surface area contributed by atoms with Crippen molar-refractivity contribution < 1.29 is 0 Å². The minimum Gasteiger partial charge on any atom is -0.208 e. The van der Waals surface area contributed by atoms with Gasteiger partial charge < -0.3 is 0 Å². The van der Waals surface area contributed by atoms with E-state index in [9.17, 15) is 0 Å². The van der Waals surface area contributed by atoms with E-state index in [0.717, 1.165) is 33.4 Å². The number of benzene rings is 9. The summed E-state index contributed by atoms with van der Waals surface area (Å²) < 4.78 is 0. The zero-order valence-corrected chi connectivity index (χ0v) is 29.4. The third-order valence-electron chi connectivity index (χ3n) is 10.3. The Morgan fingerprint density at radius 2 is 0.722 bits per heavy atom. The molecule has 0 aliphatic carbocycles. The SMILES string of the molecule is c1ccc(-c2nc(-c3ccc(-c4c(-c5ccc6c(ccc7ccccc76)c5)ccc5ccccc45)cc3)nc(-c3ccccc3-c3ccccc3)n2)cc1. The van der Waals surface area contributed by atoms with Crippen LogP contribution in [0.15, 0.2) is 200 Å². The van der Waals surface area contributed by atoms with E-state index in [0.29, 0.717) is 17.5 Å². The first kappa shape index (κ1) is 31.5. The van der Waals surface area contributed by atoms with Gasteiger partial charge in [0.2, 0.25) is 0 Å². The standard InChI is InChI=1S/C51H33N3/c1-3-13-34(14-4-1)43-20-11-12-22-47(43)51-53-49(38-17-5-2-6-18-38)52-50(54-51)39-26-24-37(25-27-39)48-45-21-10-8-16-36(45)29-32-46(48)41-30-31-44-40(33-41)28-23-35-15-7-9-19-42(35)44/h1-33H. The van der Waals surface area contributed by atoms with E-state index in [-0.39, 0.29) is 0 Å². The van der Waals surface area contributed by atoms with E-state index in [1.54, 1.807) is 0 Å². The lowest BCUT2D eigenvalue weighted by molar-refractivity contribution is 1.07. The molecule has 0 fully saturated rings. The molecule has 1 heterocycles. The Morgan fingerprint density at radius 3 is 1.46 bits per heavy atom. The fraction of sp³-hybridized carbons (Fsp3) is 0. The van der Waals surface area contributed by atoms with E-state index >= 15 is 0 Å². The molecule has 0 aliphatic rings. The summed E-state index contributed by atoms with van der Waals surface area (Å²) >= 11 is 0. The lowest BCUT2D eigenvalue weighted by atomic mass is 9.88. The highest BCUT2D eigenvalue weighted by Crippen LogP contribution is 2.41. The normalized spacial score (nSPS) is 11.3. The van der Waals surface area contributed by atoms with Crippen molar-refractivity contribution in [1.29, 1.82) is 0 Å². The van der Waals surface area contributed by atoms with Gasteiger partial charge >= 0.3 is 0 Å². The minimum absolute atomic E-state index is 0.633. The van der Waals surface area contributed by atoms with Gasteiger partial charge in [-0.2, -0.15) is 0 Å². The average molecular weight is 688 g/mol. The largest absolute Gasteiger partial charge is 0.208 e. The predicted octanol–water partition coefficient (Wildman–Crippen LogP) is 13.3. The maximum Gasteiger partial charge on any atom is 0.164 e. The van der Waals surface area contributed by atoms with Crippen molar-refractivity contribution in [1.82, 2.24) is 15.0 Å². The maximum absolute atomic E-state index is 5.13. The van der Waals surface area contributed by atoms with Crippen LogP contribution in [0.2, 0.25) is 0 Å². The molecule has 0 amide bonds. The van der Waals surface area contributed by atoms with Gasteiger partial charge in [-0.15, -0.1) is 0 Å². The van der Waals surface area contributed by atoms with Crippen LogP contribution in [0.3, 0.4) is 0 Å². The number of rotatable bonds is 6. The van der Waals surface area contributed by atoms with E-state index in [1.807, 2.05) is 42.5 Å². The topological polar surface area (TPSA) is 38.7 Å². The molecule has 9 aromatic carbocycles.